The summed E-state index contributed by atoms with van der Waals surface area (Å²) in [4.78, 5) is 13.5. The summed E-state index contributed by atoms with van der Waals surface area (Å²) in [6, 6.07) is 13.3. The van der Waals surface area contributed by atoms with Crippen LogP contribution in [0.15, 0.2) is 42.6 Å². The van der Waals surface area contributed by atoms with Crippen molar-refractivity contribution in [2.45, 2.75) is 0 Å². The molecule has 0 spiro atoms. The van der Waals surface area contributed by atoms with Crippen molar-refractivity contribution >= 4 is 28.0 Å². The molecule has 5 heteroatoms. The lowest BCUT2D eigenvalue weighted by Gasteiger charge is -1.97. The summed E-state index contributed by atoms with van der Waals surface area (Å²) in [7, 11) is 0. The average molecular weight is 245 g/mol. The molecule has 0 N–H and O–H groups in total. The number of fused-ring (bicyclic) bond motifs is 4. The van der Waals surface area contributed by atoms with Gasteiger partial charge in [0.05, 0.1) is 22.7 Å². The van der Waals surface area contributed by atoms with Crippen LogP contribution in [0.25, 0.3) is 28.0 Å². The Labute approximate surface area is 107 Å². The highest BCUT2D eigenvalue weighted by Gasteiger charge is 2.09. The van der Waals surface area contributed by atoms with Crippen molar-refractivity contribution in [3.63, 3.8) is 0 Å². The molecule has 0 aliphatic heterocycles. The van der Waals surface area contributed by atoms with Crippen molar-refractivity contribution in [2.75, 3.05) is 0 Å². The molecule has 0 fully saturated rings. The van der Waals surface area contributed by atoms with Crippen LogP contribution in [0, 0.1) is 11.3 Å². The van der Waals surface area contributed by atoms with Gasteiger partial charge in [-0.25, -0.2) is 15.0 Å². The highest BCUT2D eigenvalue weighted by atomic mass is 15.1. The van der Waals surface area contributed by atoms with Gasteiger partial charge in [-0.2, -0.15) is 5.26 Å². The van der Waals surface area contributed by atoms with E-state index in [1.807, 2.05) is 28.7 Å². The lowest BCUT2D eigenvalue weighted by molar-refractivity contribution is 1.19. The fourth-order valence-electron chi connectivity index (χ4n) is 2.15. The standard InChI is InChI=1S/C14H7N5/c15-8-9-5-6-19-12(7-9)18-13-14(19)17-11-4-2-1-3-10(11)16-13/h1-7H. The van der Waals surface area contributed by atoms with Gasteiger partial charge in [0.1, 0.15) is 5.65 Å². The van der Waals surface area contributed by atoms with Crippen LogP contribution >= 0.6 is 0 Å². The van der Waals surface area contributed by atoms with Gasteiger partial charge < -0.3 is 0 Å². The van der Waals surface area contributed by atoms with Crippen molar-refractivity contribution in [3.05, 3.63) is 48.2 Å². The highest BCUT2D eigenvalue weighted by molar-refractivity contribution is 5.84. The summed E-state index contributed by atoms with van der Waals surface area (Å²) < 4.78 is 1.84. The Morgan fingerprint density at radius 1 is 1.00 bits per heavy atom. The quantitative estimate of drug-likeness (QED) is 0.476. The van der Waals surface area contributed by atoms with E-state index < -0.39 is 0 Å². The predicted molar refractivity (Wildman–Crippen MR) is 70.5 cm³/mol. The molecule has 4 rings (SSSR count). The molecule has 1 aromatic carbocycles. The summed E-state index contributed by atoms with van der Waals surface area (Å²) in [5, 5.41) is 8.91. The molecule has 88 valence electrons. The van der Waals surface area contributed by atoms with E-state index in [0.29, 0.717) is 22.5 Å². The number of hydrogen-bond donors (Lipinski definition) is 0. The topological polar surface area (TPSA) is 66.9 Å². The Morgan fingerprint density at radius 2 is 1.79 bits per heavy atom. The van der Waals surface area contributed by atoms with Crippen LogP contribution in [-0.4, -0.2) is 19.4 Å². The second-order valence-electron chi connectivity index (χ2n) is 4.23. The number of para-hydroxylation sites is 2. The minimum absolute atomic E-state index is 0.576. The van der Waals surface area contributed by atoms with Gasteiger partial charge in [-0.15, -0.1) is 0 Å². The monoisotopic (exact) mass is 245 g/mol. The molecule has 5 nitrogen and oxygen atoms in total. The van der Waals surface area contributed by atoms with Gasteiger partial charge in [0.2, 0.25) is 0 Å². The summed E-state index contributed by atoms with van der Waals surface area (Å²) in [6.07, 6.45) is 1.80. The van der Waals surface area contributed by atoms with E-state index in [0.717, 1.165) is 11.0 Å². The number of benzene rings is 1. The lowest BCUT2D eigenvalue weighted by atomic mass is 10.3. The van der Waals surface area contributed by atoms with Crippen molar-refractivity contribution in [1.29, 1.82) is 5.26 Å². The fourth-order valence-corrected chi connectivity index (χ4v) is 2.15. The van der Waals surface area contributed by atoms with Gasteiger partial charge in [0, 0.05) is 6.20 Å². The van der Waals surface area contributed by atoms with Crippen LogP contribution in [0.3, 0.4) is 0 Å². The second kappa shape index (κ2) is 3.50. The first-order chi connectivity index (χ1) is 9.35. The van der Waals surface area contributed by atoms with Crippen LogP contribution in [-0.2, 0) is 0 Å². The smallest absolute Gasteiger partial charge is 0.198 e. The molecule has 0 aliphatic rings. The van der Waals surface area contributed by atoms with Gasteiger partial charge in [-0.1, -0.05) is 12.1 Å². The van der Waals surface area contributed by atoms with Crippen LogP contribution in [0.1, 0.15) is 5.56 Å². The Kier molecular flexibility index (Phi) is 1.83. The third kappa shape index (κ3) is 1.37. The summed E-state index contributed by atoms with van der Waals surface area (Å²) in [5.41, 5.74) is 4.21. The molecule has 0 saturated heterocycles. The molecule has 0 unspecified atom stereocenters. The maximum absolute atomic E-state index is 8.91. The number of imidazole rings is 1. The third-order valence-electron chi connectivity index (χ3n) is 3.05. The number of nitriles is 1. The molecule has 0 bridgehead atoms. The Morgan fingerprint density at radius 3 is 2.58 bits per heavy atom. The van der Waals surface area contributed by atoms with Crippen LogP contribution in [0.5, 0.6) is 0 Å². The SMILES string of the molecule is N#Cc1ccn2c(c1)nc1nc3ccccc3nc12. The van der Waals surface area contributed by atoms with Gasteiger partial charge in [-0.05, 0) is 24.3 Å². The highest BCUT2D eigenvalue weighted by Crippen LogP contribution is 2.17. The second-order valence-corrected chi connectivity index (χ2v) is 4.23. The minimum atomic E-state index is 0.576. The first-order valence-electron chi connectivity index (χ1n) is 5.80. The van der Waals surface area contributed by atoms with Crippen LogP contribution < -0.4 is 0 Å². The molecule has 0 radical (unpaired) electrons. The zero-order valence-corrected chi connectivity index (χ0v) is 9.78. The maximum Gasteiger partial charge on any atom is 0.198 e. The zero-order chi connectivity index (χ0) is 12.8. The number of hydrogen-bond acceptors (Lipinski definition) is 4. The molecular weight excluding hydrogens is 238 g/mol. The van der Waals surface area contributed by atoms with Crippen molar-refractivity contribution in [2.24, 2.45) is 0 Å². The van der Waals surface area contributed by atoms with E-state index in [9.17, 15) is 0 Å². The van der Waals surface area contributed by atoms with Gasteiger partial charge in [0.25, 0.3) is 0 Å². The summed E-state index contributed by atoms with van der Waals surface area (Å²) in [6.45, 7) is 0. The predicted octanol–water partition coefficient (Wildman–Crippen LogP) is 2.30. The Bertz CT molecular complexity index is 978. The first kappa shape index (κ1) is 9.97. The normalized spacial score (nSPS) is 11.1. The molecule has 3 heterocycles. The molecule has 0 aliphatic carbocycles. The number of pyridine rings is 1. The largest absolute Gasteiger partial charge is 0.283 e. The van der Waals surface area contributed by atoms with E-state index in [4.69, 9.17) is 5.26 Å². The van der Waals surface area contributed by atoms with Gasteiger partial charge in [0.15, 0.2) is 11.3 Å². The Balaban J connectivity index is 2.19. The van der Waals surface area contributed by atoms with Gasteiger partial charge >= 0.3 is 0 Å². The average Bonchev–Trinajstić information content (AvgIpc) is 2.81. The summed E-state index contributed by atoms with van der Waals surface area (Å²) in [5.74, 6) is 0. The van der Waals surface area contributed by atoms with E-state index >= 15 is 0 Å². The molecule has 3 aromatic heterocycles. The van der Waals surface area contributed by atoms with E-state index in [2.05, 4.69) is 21.0 Å². The fraction of sp³-hybridized carbons (Fsp3) is 0. The van der Waals surface area contributed by atoms with Crippen molar-refractivity contribution < 1.29 is 0 Å². The number of rotatable bonds is 0. The molecule has 4 aromatic rings. The summed E-state index contributed by atoms with van der Waals surface area (Å²) >= 11 is 0. The third-order valence-corrected chi connectivity index (χ3v) is 3.05. The zero-order valence-electron chi connectivity index (χ0n) is 9.78. The lowest BCUT2D eigenvalue weighted by Crippen LogP contribution is -1.89. The Hall–Kier alpha value is -3.00. The molecule has 19 heavy (non-hydrogen) atoms. The van der Waals surface area contributed by atoms with Crippen molar-refractivity contribution in [3.8, 4) is 6.07 Å². The van der Waals surface area contributed by atoms with E-state index in [1.165, 1.54) is 0 Å². The number of aromatic nitrogens is 4. The first-order valence-corrected chi connectivity index (χ1v) is 5.80. The number of nitrogens with zero attached hydrogens (tertiary/aromatic N) is 5. The molecule has 0 amide bonds. The molecule has 0 atom stereocenters. The molecular formula is C14H7N5. The van der Waals surface area contributed by atoms with Crippen LogP contribution in [0.2, 0.25) is 0 Å². The van der Waals surface area contributed by atoms with Crippen molar-refractivity contribution in [1.82, 2.24) is 19.4 Å². The minimum Gasteiger partial charge on any atom is -0.283 e. The maximum atomic E-state index is 8.91. The molecule has 0 saturated carbocycles. The van der Waals surface area contributed by atoms with E-state index in [-0.39, 0.29) is 0 Å². The van der Waals surface area contributed by atoms with Crippen LogP contribution in [0.4, 0.5) is 0 Å². The van der Waals surface area contributed by atoms with E-state index in [1.54, 1.807) is 18.3 Å². The van der Waals surface area contributed by atoms with Gasteiger partial charge in [-0.3, -0.25) is 4.40 Å².